The number of carbonyl (C=O) groups excluding carboxylic acids is 1. The minimum atomic E-state index is -3.92. The van der Waals surface area contributed by atoms with Crippen molar-refractivity contribution in [2.24, 2.45) is 0 Å². The lowest BCUT2D eigenvalue weighted by atomic mass is 10.1. The van der Waals surface area contributed by atoms with Gasteiger partial charge in [-0.25, -0.2) is 8.42 Å². The molecule has 0 aliphatic heterocycles. The monoisotopic (exact) mass is 458 g/mol. The molecule has 0 atom stereocenters. The van der Waals surface area contributed by atoms with E-state index in [1.165, 1.54) is 26.4 Å². The van der Waals surface area contributed by atoms with Crippen molar-refractivity contribution in [2.75, 3.05) is 20.7 Å². The second-order valence-corrected chi connectivity index (χ2v) is 8.65. The number of pyridine rings is 1. The third-order valence-electron chi connectivity index (χ3n) is 4.52. The molecule has 0 aliphatic rings. The Bertz CT molecular complexity index is 1230. The van der Waals surface area contributed by atoms with Gasteiger partial charge in [0.15, 0.2) is 5.11 Å². The molecule has 0 radical (unpaired) electrons. The summed E-state index contributed by atoms with van der Waals surface area (Å²) >= 11 is 4.90. The SMILES string of the molecule is CNC(=S)NS(=O)(=O)c1cc(CCNC(=O)c2cnc3ccccc3c2)ccc1OC. The van der Waals surface area contributed by atoms with Crippen molar-refractivity contribution < 1.29 is 17.9 Å². The van der Waals surface area contributed by atoms with Crippen LogP contribution in [0.15, 0.2) is 59.6 Å². The normalized spacial score (nSPS) is 11.0. The van der Waals surface area contributed by atoms with Crippen molar-refractivity contribution in [1.82, 2.24) is 20.3 Å². The largest absolute Gasteiger partial charge is 0.495 e. The fourth-order valence-electron chi connectivity index (χ4n) is 2.93. The topological polar surface area (TPSA) is 109 Å². The minimum Gasteiger partial charge on any atom is -0.495 e. The number of thiocarbonyl (C=S) groups is 1. The molecule has 3 rings (SSSR count). The van der Waals surface area contributed by atoms with Crippen LogP contribution in [0.2, 0.25) is 0 Å². The van der Waals surface area contributed by atoms with Crippen LogP contribution in [0.25, 0.3) is 10.9 Å². The molecule has 1 amide bonds. The van der Waals surface area contributed by atoms with Crippen LogP contribution >= 0.6 is 12.2 Å². The zero-order valence-corrected chi connectivity index (χ0v) is 18.6. The number of fused-ring (bicyclic) bond motifs is 1. The standard InChI is InChI=1S/C21H22N4O4S2/c1-22-21(30)25-31(27,28)19-11-14(7-8-18(19)29-2)9-10-23-20(26)16-12-15-5-3-4-6-17(15)24-13-16/h3-8,11-13H,9-10H2,1-2H3,(H,23,26)(H2,22,25,30). The molecule has 0 bridgehead atoms. The van der Waals surface area contributed by atoms with E-state index in [1.807, 2.05) is 24.3 Å². The second kappa shape index (κ2) is 9.71. The Morgan fingerprint density at radius 2 is 1.94 bits per heavy atom. The maximum atomic E-state index is 12.6. The molecule has 1 aromatic heterocycles. The van der Waals surface area contributed by atoms with Crippen molar-refractivity contribution >= 4 is 44.2 Å². The second-order valence-electron chi connectivity index (χ2n) is 6.59. The number of amides is 1. The van der Waals surface area contributed by atoms with E-state index in [4.69, 9.17) is 17.0 Å². The van der Waals surface area contributed by atoms with Crippen LogP contribution in [0.5, 0.6) is 5.75 Å². The van der Waals surface area contributed by atoms with Crippen LogP contribution < -0.4 is 20.1 Å². The van der Waals surface area contributed by atoms with E-state index in [9.17, 15) is 13.2 Å². The van der Waals surface area contributed by atoms with Crippen molar-refractivity contribution in [2.45, 2.75) is 11.3 Å². The fraction of sp³-hybridized carbons (Fsp3) is 0.190. The summed E-state index contributed by atoms with van der Waals surface area (Å²) in [4.78, 5) is 16.7. The number of rotatable bonds is 7. The van der Waals surface area contributed by atoms with Gasteiger partial charge in [-0.2, -0.15) is 0 Å². The number of nitrogens with zero attached hydrogens (tertiary/aromatic N) is 1. The number of sulfonamides is 1. The summed E-state index contributed by atoms with van der Waals surface area (Å²) in [7, 11) is -1.01. The summed E-state index contributed by atoms with van der Waals surface area (Å²) in [5.41, 5.74) is 1.99. The Hall–Kier alpha value is -3.24. The van der Waals surface area contributed by atoms with Crippen LogP contribution in [0, 0.1) is 0 Å². The zero-order valence-electron chi connectivity index (χ0n) is 17.0. The highest BCUT2D eigenvalue weighted by atomic mass is 32.2. The average molecular weight is 459 g/mol. The molecule has 10 heteroatoms. The number of nitrogens with one attached hydrogen (secondary N) is 3. The molecule has 0 unspecified atom stereocenters. The van der Waals surface area contributed by atoms with Gasteiger partial charge in [0.1, 0.15) is 10.6 Å². The molecular formula is C21H22N4O4S2. The summed E-state index contributed by atoms with van der Waals surface area (Å²) < 4.78 is 32.7. The molecule has 0 spiro atoms. The first-order valence-electron chi connectivity index (χ1n) is 9.38. The molecule has 162 valence electrons. The van der Waals surface area contributed by atoms with Crippen LogP contribution in [-0.4, -0.2) is 45.1 Å². The molecule has 2 aromatic carbocycles. The summed E-state index contributed by atoms with van der Waals surface area (Å²) in [6.07, 6.45) is 1.96. The Labute approximate surface area is 186 Å². The highest BCUT2D eigenvalue weighted by molar-refractivity contribution is 7.92. The fourth-order valence-corrected chi connectivity index (χ4v) is 4.44. The lowest BCUT2D eigenvalue weighted by Crippen LogP contribution is -2.37. The molecule has 0 saturated heterocycles. The van der Waals surface area contributed by atoms with Gasteiger partial charge in [-0.1, -0.05) is 24.3 Å². The smallest absolute Gasteiger partial charge is 0.267 e. The third-order valence-corrected chi connectivity index (χ3v) is 6.33. The molecule has 0 aliphatic carbocycles. The van der Waals surface area contributed by atoms with Crippen LogP contribution in [0.4, 0.5) is 0 Å². The number of para-hydroxylation sites is 1. The van der Waals surface area contributed by atoms with Crippen LogP contribution in [-0.2, 0) is 16.4 Å². The van der Waals surface area contributed by atoms with Crippen molar-refractivity contribution in [3.63, 3.8) is 0 Å². The Morgan fingerprint density at radius 3 is 2.68 bits per heavy atom. The maximum absolute atomic E-state index is 12.6. The van der Waals surface area contributed by atoms with E-state index in [2.05, 4.69) is 20.3 Å². The number of aromatic nitrogens is 1. The van der Waals surface area contributed by atoms with Gasteiger partial charge >= 0.3 is 0 Å². The van der Waals surface area contributed by atoms with Gasteiger partial charge in [-0.05, 0) is 48.5 Å². The first-order valence-corrected chi connectivity index (χ1v) is 11.3. The van der Waals surface area contributed by atoms with Gasteiger partial charge in [0.25, 0.3) is 15.9 Å². The van der Waals surface area contributed by atoms with Gasteiger partial charge < -0.3 is 15.4 Å². The lowest BCUT2D eigenvalue weighted by Gasteiger charge is -2.13. The summed E-state index contributed by atoms with van der Waals surface area (Å²) in [6.45, 7) is 0.319. The Kier molecular flexibility index (Phi) is 7.03. The van der Waals surface area contributed by atoms with Crippen molar-refractivity contribution in [3.05, 3.63) is 65.9 Å². The maximum Gasteiger partial charge on any atom is 0.267 e. The quantitative estimate of drug-likeness (QED) is 0.465. The number of methoxy groups -OCH3 is 1. The van der Waals surface area contributed by atoms with E-state index in [1.54, 1.807) is 18.2 Å². The molecule has 0 fully saturated rings. The first kappa shape index (κ1) is 22.4. The van der Waals surface area contributed by atoms with E-state index in [0.717, 1.165) is 10.9 Å². The molecule has 31 heavy (non-hydrogen) atoms. The zero-order chi connectivity index (χ0) is 22.4. The van der Waals surface area contributed by atoms with Gasteiger partial charge in [-0.15, -0.1) is 0 Å². The third kappa shape index (κ3) is 5.47. The number of hydrogen-bond acceptors (Lipinski definition) is 6. The number of carbonyl (C=O) groups is 1. The van der Waals surface area contributed by atoms with E-state index < -0.39 is 10.0 Å². The molecule has 0 saturated carbocycles. The van der Waals surface area contributed by atoms with Crippen molar-refractivity contribution in [1.29, 1.82) is 0 Å². The average Bonchev–Trinajstić information content (AvgIpc) is 2.78. The van der Waals surface area contributed by atoms with Gasteiger partial charge in [0.2, 0.25) is 0 Å². The number of ether oxygens (including phenoxy) is 1. The molecule has 3 aromatic rings. The van der Waals surface area contributed by atoms with E-state index in [-0.39, 0.29) is 21.7 Å². The summed E-state index contributed by atoms with van der Waals surface area (Å²) in [6, 6.07) is 14.2. The van der Waals surface area contributed by atoms with E-state index in [0.29, 0.717) is 24.1 Å². The van der Waals surface area contributed by atoms with Gasteiger partial charge in [0, 0.05) is 25.2 Å². The summed E-state index contributed by atoms with van der Waals surface area (Å²) in [5.74, 6) is -0.0536. The molecule has 3 N–H and O–H groups in total. The number of benzene rings is 2. The first-order chi connectivity index (χ1) is 14.8. The lowest BCUT2D eigenvalue weighted by molar-refractivity contribution is 0.0954. The predicted molar refractivity (Wildman–Crippen MR) is 123 cm³/mol. The van der Waals surface area contributed by atoms with Crippen LogP contribution in [0.1, 0.15) is 15.9 Å². The van der Waals surface area contributed by atoms with Gasteiger partial charge in [0.05, 0.1) is 18.2 Å². The Morgan fingerprint density at radius 1 is 1.16 bits per heavy atom. The van der Waals surface area contributed by atoms with Gasteiger partial charge in [-0.3, -0.25) is 14.5 Å². The Balaban J connectivity index is 1.69. The summed E-state index contributed by atoms with van der Waals surface area (Å²) in [5, 5.41) is 6.26. The predicted octanol–water partition coefficient (Wildman–Crippen LogP) is 2.00. The number of hydrogen-bond donors (Lipinski definition) is 3. The molecule has 8 nitrogen and oxygen atoms in total. The molecular weight excluding hydrogens is 436 g/mol. The van der Waals surface area contributed by atoms with Crippen molar-refractivity contribution in [3.8, 4) is 5.75 Å². The highest BCUT2D eigenvalue weighted by Crippen LogP contribution is 2.25. The van der Waals surface area contributed by atoms with E-state index >= 15 is 0 Å². The van der Waals surface area contributed by atoms with Crippen LogP contribution in [0.3, 0.4) is 0 Å². The minimum absolute atomic E-state index is 0.0243. The molecule has 1 heterocycles. The highest BCUT2D eigenvalue weighted by Gasteiger charge is 2.21.